The number of allylic oxidation sites excluding steroid dienone is 2. The van der Waals surface area contributed by atoms with E-state index >= 15 is 0 Å². The van der Waals surface area contributed by atoms with E-state index in [2.05, 4.69) is 4.72 Å². The quantitative estimate of drug-likeness (QED) is 0.459. The molecule has 1 N–H and O–H groups in total. The SMILES string of the molecule is C/C(=C\CCl)c1cc(NS(=O)(=O)c2ccccc2[N+](=O)[O-])ccc1F. The number of nitrogens with zero attached hydrogens (tertiary/aromatic N) is 1. The summed E-state index contributed by atoms with van der Waals surface area (Å²) in [5.41, 5.74) is 0.259. The minimum atomic E-state index is -4.22. The van der Waals surface area contributed by atoms with Gasteiger partial charge in [-0.25, -0.2) is 12.8 Å². The first-order valence-corrected chi connectivity index (χ1v) is 9.07. The zero-order valence-electron chi connectivity index (χ0n) is 13.1. The van der Waals surface area contributed by atoms with E-state index < -0.39 is 31.3 Å². The molecule has 6 nitrogen and oxygen atoms in total. The van der Waals surface area contributed by atoms with Crippen molar-refractivity contribution >= 4 is 38.6 Å². The van der Waals surface area contributed by atoms with Crippen LogP contribution in [0.25, 0.3) is 5.57 Å². The number of alkyl halides is 1. The molecule has 0 spiro atoms. The molecule has 0 radical (unpaired) electrons. The maximum atomic E-state index is 13.9. The number of nitro groups is 1. The van der Waals surface area contributed by atoms with Crippen LogP contribution in [0.1, 0.15) is 12.5 Å². The van der Waals surface area contributed by atoms with Crippen molar-refractivity contribution in [2.24, 2.45) is 0 Å². The minimum absolute atomic E-state index is 0.0804. The lowest BCUT2D eigenvalue weighted by atomic mass is 10.1. The van der Waals surface area contributed by atoms with E-state index in [1.54, 1.807) is 13.0 Å². The lowest BCUT2D eigenvalue weighted by Crippen LogP contribution is -2.15. The summed E-state index contributed by atoms with van der Waals surface area (Å²) < 4.78 is 41.1. The Bertz CT molecular complexity index is 945. The Morgan fingerprint density at radius 2 is 2.00 bits per heavy atom. The third-order valence-electron chi connectivity index (χ3n) is 3.38. The number of rotatable bonds is 6. The van der Waals surface area contributed by atoms with Crippen LogP contribution in [0.4, 0.5) is 15.8 Å². The van der Waals surface area contributed by atoms with E-state index in [0.29, 0.717) is 5.57 Å². The van der Waals surface area contributed by atoms with Gasteiger partial charge in [0.2, 0.25) is 0 Å². The molecule has 0 heterocycles. The van der Waals surface area contributed by atoms with Crippen molar-refractivity contribution in [3.8, 4) is 0 Å². The molecule has 0 aliphatic rings. The van der Waals surface area contributed by atoms with Crippen LogP contribution in [0, 0.1) is 15.9 Å². The van der Waals surface area contributed by atoms with Crippen molar-refractivity contribution in [2.75, 3.05) is 10.6 Å². The lowest BCUT2D eigenvalue weighted by molar-refractivity contribution is -0.387. The van der Waals surface area contributed by atoms with Gasteiger partial charge in [0.25, 0.3) is 15.7 Å². The second-order valence-corrected chi connectivity index (χ2v) is 7.03. The fraction of sp³-hybridized carbons (Fsp3) is 0.125. The number of anilines is 1. The molecule has 0 saturated carbocycles. The molecule has 0 aliphatic carbocycles. The van der Waals surface area contributed by atoms with Crippen LogP contribution in [0.15, 0.2) is 53.4 Å². The Morgan fingerprint density at radius 3 is 2.64 bits per heavy atom. The van der Waals surface area contributed by atoms with Crippen molar-refractivity contribution in [1.29, 1.82) is 0 Å². The van der Waals surface area contributed by atoms with Crippen molar-refractivity contribution in [2.45, 2.75) is 11.8 Å². The zero-order valence-corrected chi connectivity index (χ0v) is 14.6. The average Bonchev–Trinajstić information content (AvgIpc) is 2.56. The molecule has 0 fully saturated rings. The van der Waals surface area contributed by atoms with E-state index in [4.69, 9.17) is 11.6 Å². The number of para-hydroxylation sites is 1. The summed E-state index contributed by atoms with van der Waals surface area (Å²) in [5, 5.41) is 11.0. The molecular formula is C16H14ClFN2O4S. The van der Waals surface area contributed by atoms with Crippen LogP contribution in [0.3, 0.4) is 0 Å². The molecule has 0 atom stereocenters. The largest absolute Gasteiger partial charge is 0.289 e. The number of hydrogen-bond acceptors (Lipinski definition) is 4. The van der Waals surface area contributed by atoms with Crippen molar-refractivity contribution in [3.63, 3.8) is 0 Å². The molecule has 0 saturated heterocycles. The molecule has 25 heavy (non-hydrogen) atoms. The minimum Gasteiger partial charge on any atom is -0.279 e. The molecule has 0 aliphatic heterocycles. The molecule has 0 aromatic heterocycles. The van der Waals surface area contributed by atoms with Gasteiger partial charge in [0.05, 0.1) is 4.92 Å². The highest BCUT2D eigenvalue weighted by Gasteiger charge is 2.25. The number of sulfonamides is 1. The first kappa shape index (κ1) is 18.9. The third kappa shape index (κ3) is 4.34. The predicted molar refractivity (Wildman–Crippen MR) is 94.7 cm³/mol. The highest BCUT2D eigenvalue weighted by Crippen LogP contribution is 2.27. The second-order valence-electron chi connectivity index (χ2n) is 5.07. The van der Waals surface area contributed by atoms with Crippen LogP contribution in [0.2, 0.25) is 0 Å². The standard InChI is InChI=1S/C16H14ClFN2O4S/c1-11(8-9-17)13-10-12(6-7-14(13)18)19-25(23,24)16-5-3-2-4-15(16)20(21)22/h2-8,10,19H,9H2,1H3/b11-8+. The summed E-state index contributed by atoms with van der Waals surface area (Å²) in [4.78, 5) is 9.77. The fourth-order valence-electron chi connectivity index (χ4n) is 2.16. The molecule has 132 valence electrons. The average molecular weight is 385 g/mol. The molecule has 2 aromatic carbocycles. The van der Waals surface area contributed by atoms with E-state index in [1.807, 2.05) is 0 Å². The van der Waals surface area contributed by atoms with Crippen LogP contribution >= 0.6 is 11.6 Å². The van der Waals surface area contributed by atoms with Gasteiger partial charge < -0.3 is 0 Å². The number of benzene rings is 2. The van der Waals surface area contributed by atoms with E-state index in [-0.39, 0.29) is 17.1 Å². The van der Waals surface area contributed by atoms with Gasteiger partial charge in [-0.15, -0.1) is 11.6 Å². The Labute approximate surface area is 149 Å². The van der Waals surface area contributed by atoms with E-state index in [9.17, 15) is 22.9 Å². The summed E-state index contributed by atoms with van der Waals surface area (Å²) in [6.07, 6.45) is 1.58. The Hall–Kier alpha value is -2.45. The van der Waals surface area contributed by atoms with Crippen molar-refractivity contribution < 1.29 is 17.7 Å². The summed E-state index contributed by atoms with van der Waals surface area (Å²) in [6.45, 7) is 1.64. The molecule has 0 unspecified atom stereocenters. The molecule has 2 rings (SSSR count). The Balaban J connectivity index is 2.44. The monoisotopic (exact) mass is 384 g/mol. The molecule has 0 amide bonds. The zero-order chi connectivity index (χ0) is 18.6. The Morgan fingerprint density at radius 1 is 1.32 bits per heavy atom. The van der Waals surface area contributed by atoms with Crippen LogP contribution in [-0.2, 0) is 10.0 Å². The van der Waals surface area contributed by atoms with E-state index in [1.165, 1.54) is 24.3 Å². The molecule has 0 bridgehead atoms. The van der Waals surface area contributed by atoms with Gasteiger partial charge in [-0.2, -0.15) is 0 Å². The van der Waals surface area contributed by atoms with Gasteiger partial charge in [0.1, 0.15) is 5.82 Å². The molecule has 2 aromatic rings. The number of nitrogens with one attached hydrogen (secondary N) is 1. The normalized spacial score (nSPS) is 12.0. The van der Waals surface area contributed by atoms with Crippen molar-refractivity contribution in [1.82, 2.24) is 0 Å². The first-order valence-electron chi connectivity index (χ1n) is 7.05. The highest BCUT2D eigenvalue weighted by molar-refractivity contribution is 7.92. The third-order valence-corrected chi connectivity index (χ3v) is 4.96. The van der Waals surface area contributed by atoms with E-state index in [0.717, 1.165) is 18.2 Å². The molecular weight excluding hydrogens is 371 g/mol. The van der Waals surface area contributed by atoms with Gasteiger partial charge in [0.15, 0.2) is 4.90 Å². The second kappa shape index (κ2) is 7.62. The topological polar surface area (TPSA) is 89.3 Å². The summed E-state index contributed by atoms with van der Waals surface area (Å²) >= 11 is 5.60. The van der Waals surface area contributed by atoms with Gasteiger partial charge in [-0.3, -0.25) is 14.8 Å². The smallest absolute Gasteiger partial charge is 0.279 e. The first-order chi connectivity index (χ1) is 11.8. The summed E-state index contributed by atoms with van der Waals surface area (Å²) in [7, 11) is -4.22. The fourth-order valence-corrected chi connectivity index (χ4v) is 3.62. The number of nitro benzene ring substituents is 1. The van der Waals surface area contributed by atoms with Gasteiger partial charge in [-0.05, 0) is 36.8 Å². The maximum Gasteiger partial charge on any atom is 0.289 e. The predicted octanol–water partition coefficient (Wildman–Crippen LogP) is 4.18. The maximum absolute atomic E-state index is 13.9. The number of halogens is 2. The summed E-state index contributed by atoms with van der Waals surface area (Å²) in [6, 6.07) is 8.62. The van der Waals surface area contributed by atoms with Crippen LogP contribution in [0.5, 0.6) is 0 Å². The van der Waals surface area contributed by atoms with Crippen molar-refractivity contribution in [3.05, 3.63) is 70.0 Å². The van der Waals surface area contributed by atoms with Gasteiger partial charge >= 0.3 is 0 Å². The Kier molecular flexibility index (Phi) is 5.76. The molecule has 9 heteroatoms. The highest BCUT2D eigenvalue weighted by atomic mass is 35.5. The van der Waals surface area contributed by atoms with Gasteiger partial charge in [0, 0.05) is 23.2 Å². The summed E-state index contributed by atoms with van der Waals surface area (Å²) in [5.74, 6) is -0.357. The number of hydrogen-bond donors (Lipinski definition) is 1. The van der Waals surface area contributed by atoms with Crippen LogP contribution < -0.4 is 4.72 Å². The van der Waals surface area contributed by atoms with Crippen LogP contribution in [-0.4, -0.2) is 19.2 Å². The lowest BCUT2D eigenvalue weighted by Gasteiger charge is -2.11. The van der Waals surface area contributed by atoms with Gasteiger partial charge in [-0.1, -0.05) is 18.2 Å².